The van der Waals surface area contributed by atoms with E-state index < -0.39 is 0 Å². The molecule has 0 bridgehead atoms. The molecule has 17 heavy (non-hydrogen) atoms. The van der Waals surface area contributed by atoms with Gasteiger partial charge >= 0.3 is 0 Å². The van der Waals surface area contributed by atoms with Crippen molar-refractivity contribution in [1.82, 2.24) is 15.4 Å². The number of aryl methyl sites for hydroxylation is 1. The number of β-amino-alcohol motifs (C(OH)–C–C–N with tert-alkyl or cyclic N) is 1. The van der Waals surface area contributed by atoms with E-state index in [4.69, 9.17) is 4.52 Å². The van der Waals surface area contributed by atoms with Gasteiger partial charge in [0.05, 0.1) is 11.8 Å². The van der Waals surface area contributed by atoms with E-state index in [9.17, 15) is 5.11 Å². The van der Waals surface area contributed by atoms with Crippen molar-refractivity contribution in [3.8, 4) is 0 Å². The van der Waals surface area contributed by atoms with E-state index in [0.29, 0.717) is 13.1 Å². The zero-order valence-corrected chi connectivity index (χ0v) is 10.4. The number of hydrogen-bond donors (Lipinski definition) is 2. The summed E-state index contributed by atoms with van der Waals surface area (Å²) in [5.41, 5.74) is 0.885. The van der Waals surface area contributed by atoms with Crippen LogP contribution >= 0.6 is 0 Å². The van der Waals surface area contributed by atoms with Gasteiger partial charge in [0.2, 0.25) is 0 Å². The molecule has 1 aromatic heterocycles. The van der Waals surface area contributed by atoms with Crippen LogP contribution in [0.2, 0.25) is 0 Å². The maximum atomic E-state index is 9.84. The Morgan fingerprint density at radius 1 is 1.53 bits per heavy atom. The molecule has 0 saturated carbocycles. The van der Waals surface area contributed by atoms with Gasteiger partial charge in [0.25, 0.3) is 0 Å². The third-order valence-electron chi connectivity index (χ3n) is 3.03. The quantitative estimate of drug-likeness (QED) is 0.758. The molecule has 1 saturated heterocycles. The van der Waals surface area contributed by atoms with E-state index in [-0.39, 0.29) is 6.10 Å². The maximum Gasteiger partial charge on any atom is 0.133 e. The second kappa shape index (κ2) is 6.14. The molecule has 1 unspecified atom stereocenters. The third-order valence-corrected chi connectivity index (χ3v) is 3.03. The molecule has 2 heterocycles. The van der Waals surface area contributed by atoms with Crippen LogP contribution < -0.4 is 5.32 Å². The Morgan fingerprint density at radius 3 is 2.94 bits per heavy atom. The van der Waals surface area contributed by atoms with E-state index in [2.05, 4.69) is 15.4 Å². The Morgan fingerprint density at radius 2 is 2.29 bits per heavy atom. The van der Waals surface area contributed by atoms with Crippen molar-refractivity contribution < 1.29 is 9.63 Å². The summed E-state index contributed by atoms with van der Waals surface area (Å²) in [6, 6.07) is 1.90. The fraction of sp³-hybridized carbons (Fsp3) is 0.750. The summed E-state index contributed by atoms with van der Waals surface area (Å²) in [5.74, 6) is 0.819. The number of aromatic nitrogens is 1. The molecule has 1 fully saturated rings. The van der Waals surface area contributed by atoms with Gasteiger partial charge in [-0.3, -0.25) is 0 Å². The molecule has 2 N–H and O–H groups in total. The second-order valence-corrected chi connectivity index (χ2v) is 4.72. The molecule has 5 heteroatoms. The average Bonchev–Trinajstić information content (AvgIpc) is 2.90. The highest BCUT2D eigenvalue weighted by molar-refractivity contribution is 5.02. The number of hydrogen-bond acceptors (Lipinski definition) is 5. The fourth-order valence-corrected chi connectivity index (χ4v) is 2.20. The predicted octanol–water partition coefficient (Wildman–Crippen LogP) is 0.529. The minimum absolute atomic E-state index is 0.305. The van der Waals surface area contributed by atoms with E-state index in [1.807, 2.05) is 13.0 Å². The zero-order chi connectivity index (χ0) is 12.1. The van der Waals surface area contributed by atoms with Gasteiger partial charge < -0.3 is 19.8 Å². The molecule has 0 radical (unpaired) electrons. The summed E-state index contributed by atoms with van der Waals surface area (Å²) >= 11 is 0. The smallest absolute Gasteiger partial charge is 0.133 e. The summed E-state index contributed by atoms with van der Waals surface area (Å²) in [5, 5.41) is 16.9. The summed E-state index contributed by atoms with van der Waals surface area (Å²) in [4.78, 5) is 2.31. The standard InChI is InChI=1S/C12H21N3O2/c1-10-6-11(14-17-10)7-13-8-12(16)9-15-4-2-3-5-15/h6,12-13,16H,2-5,7-9H2,1H3. The molecule has 96 valence electrons. The van der Waals surface area contributed by atoms with Gasteiger partial charge in [-0.25, -0.2) is 0 Å². The second-order valence-electron chi connectivity index (χ2n) is 4.72. The lowest BCUT2D eigenvalue weighted by Crippen LogP contribution is -2.36. The minimum atomic E-state index is -0.305. The molecule has 0 aromatic carbocycles. The largest absolute Gasteiger partial charge is 0.390 e. The lowest BCUT2D eigenvalue weighted by molar-refractivity contribution is 0.123. The van der Waals surface area contributed by atoms with Crippen molar-refractivity contribution in [2.75, 3.05) is 26.2 Å². The third kappa shape index (κ3) is 4.11. The van der Waals surface area contributed by atoms with Crippen LogP contribution in [0.5, 0.6) is 0 Å². The van der Waals surface area contributed by atoms with E-state index in [1.165, 1.54) is 12.8 Å². The highest BCUT2D eigenvalue weighted by atomic mass is 16.5. The van der Waals surface area contributed by atoms with E-state index >= 15 is 0 Å². The fourth-order valence-electron chi connectivity index (χ4n) is 2.20. The minimum Gasteiger partial charge on any atom is -0.390 e. The van der Waals surface area contributed by atoms with Crippen molar-refractivity contribution in [2.45, 2.75) is 32.4 Å². The molecule has 0 amide bonds. The number of rotatable bonds is 6. The van der Waals surface area contributed by atoms with Gasteiger partial charge in [-0.05, 0) is 32.9 Å². The first-order valence-electron chi connectivity index (χ1n) is 6.27. The van der Waals surface area contributed by atoms with Crippen molar-refractivity contribution in [3.63, 3.8) is 0 Å². The van der Waals surface area contributed by atoms with Crippen molar-refractivity contribution in [1.29, 1.82) is 0 Å². The molecule has 0 spiro atoms. The number of aliphatic hydroxyl groups is 1. The number of nitrogens with one attached hydrogen (secondary N) is 1. The first-order valence-corrected chi connectivity index (χ1v) is 6.27. The Labute approximate surface area is 102 Å². The van der Waals surface area contributed by atoms with Crippen molar-refractivity contribution in [2.24, 2.45) is 0 Å². The SMILES string of the molecule is Cc1cc(CNCC(O)CN2CCCC2)no1. The highest BCUT2D eigenvalue weighted by Crippen LogP contribution is 2.07. The molecule has 2 rings (SSSR count). The van der Waals surface area contributed by atoms with E-state index in [1.54, 1.807) is 0 Å². The Hall–Kier alpha value is -0.910. The number of nitrogens with zero attached hydrogens (tertiary/aromatic N) is 2. The Bertz CT molecular complexity index is 334. The van der Waals surface area contributed by atoms with Gasteiger partial charge in [-0.2, -0.15) is 0 Å². The van der Waals surface area contributed by atoms with Crippen molar-refractivity contribution >= 4 is 0 Å². The van der Waals surface area contributed by atoms with Gasteiger partial charge in [-0.15, -0.1) is 0 Å². The molecule has 1 aliphatic rings. The molecule has 5 nitrogen and oxygen atoms in total. The first kappa shape index (κ1) is 12.5. The van der Waals surface area contributed by atoms with Crippen LogP contribution in [0.25, 0.3) is 0 Å². The van der Waals surface area contributed by atoms with Gasteiger partial charge in [0.1, 0.15) is 5.76 Å². The summed E-state index contributed by atoms with van der Waals surface area (Å²) < 4.78 is 4.97. The first-order chi connectivity index (χ1) is 8.24. The topological polar surface area (TPSA) is 61.5 Å². The lowest BCUT2D eigenvalue weighted by Gasteiger charge is -2.19. The van der Waals surface area contributed by atoms with Crippen molar-refractivity contribution in [3.05, 3.63) is 17.5 Å². The van der Waals surface area contributed by atoms with E-state index in [0.717, 1.165) is 31.1 Å². The van der Waals surface area contributed by atoms with Gasteiger partial charge in [-0.1, -0.05) is 5.16 Å². The van der Waals surface area contributed by atoms with Crippen LogP contribution in [0.3, 0.4) is 0 Å². The van der Waals surface area contributed by atoms with Crippen LogP contribution in [-0.4, -0.2) is 47.4 Å². The number of likely N-dealkylation sites (tertiary alicyclic amines) is 1. The molecule has 0 aliphatic carbocycles. The van der Waals surface area contributed by atoms with Gasteiger partial charge in [0.15, 0.2) is 0 Å². The van der Waals surface area contributed by atoms with Crippen LogP contribution in [0, 0.1) is 6.92 Å². The summed E-state index contributed by atoms with van der Waals surface area (Å²) in [7, 11) is 0. The van der Waals surface area contributed by atoms with Crippen LogP contribution in [0.15, 0.2) is 10.6 Å². The molecule has 1 aromatic rings. The molecule has 1 atom stereocenters. The highest BCUT2D eigenvalue weighted by Gasteiger charge is 2.15. The predicted molar refractivity (Wildman–Crippen MR) is 64.6 cm³/mol. The van der Waals surface area contributed by atoms with Crippen LogP contribution in [0.1, 0.15) is 24.3 Å². The molecular formula is C12H21N3O2. The zero-order valence-electron chi connectivity index (χ0n) is 10.4. The van der Waals surface area contributed by atoms with Crippen LogP contribution in [0.4, 0.5) is 0 Å². The van der Waals surface area contributed by atoms with Crippen LogP contribution in [-0.2, 0) is 6.54 Å². The Balaban J connectivity index is 1.60. The monoisotopic (exact) mass is 239 g/mol. The summed E-state index contributed by atoms with van der Waals surface area (Å²) in [6.45, 7) is 6.14. The lowest BCUT2D eigenvalue weighted by atomic mass is 10.3. The average molecular weight is 239 g/mol. The normalized spacial score (nSPS) is 18.7. The molecular weight excluding hydrogens is 218 g/mol. The molecule has 1 aliphatic heterocycles. The summed E-state index contributed by atoms with van der Waals surface area (Å²) in [6.07, 6.45) is 2.22. The number of aliphatic hydroxyl groups excluding tert-OH is 1. The maximum absolute atomic E-state index is 9.84. The Kier molecular flexibility index (Phi) is 4.53. The van der Waals surface area contributed by atoms with Gasteiger partial charge in [0, 0.05) is 25.7 Å².